The second-order valence-corrected chi connectivity index (χ2v) is 6.39. The van der Waals surface area contributed by atoms with Crippen LogP contribution in [0.5, 0.6) is 0 Å². The first-order valence-electron chi connectivity index (χ1n) is 6.82. The quantitative estimate of drug-likeness (QED) is 0.869. The number of aliphatic hydroxyl groups is 1. The molecule has 6 heteroatoms. The molecule has 0 radical (unpaired) electrons. The highest BCUT2D eigenvalue weighted by Gasteiger charge is 2.19. The zero-order valence-corrected chi connectivity index (χ0v) is 12.9. The summed E-state index contributed by atoms with van der Waals surface area (Å²) in [5, 5.41) is 10.6. The Kier molecular flexibility index (Phi) is 5.15. The lowest BCUT2D eigenvalue weighted by molar-refractivity contribution is 0.203. The Morgan fingerprint density at radius 1 is 1.37 bits per heavy atom. The predicted molar refractivity (Wildman–Crippen MR) is 80.0 cm³/mol. The van der Waals surface area contributed by atoms with Crippen LogP contribution >= 0.6 is 11.3 Å². The number of rotatable bonds is 5. The highest BCUT2D eigenvalue weighted by atomic mass is 32.1. The summed E-state index contributed by atoms with van der Waals surface area (Å²) < 4.78 is 0. The van der Waals surface area contributed by atoms with E-state index in [0.717, 1.165) is 49.3 Å². The van der Waals surface area contributed by atoms with Crippen molar-refractivity contribution >= 4 is 16.5 Å². The van der Waals surface area contributed by atoms with Crippen LogP contribution in [0.3, 0.4) is 0 Å². The lowest BCUT2D eigenvalue weighted by atomic mass is 10.3. The fraction of sp³-hybridized carbons (Fsp3) is 0.769. The smallest absolute Gasteiger partial charge is 0.185 e. The van der Waals surface area contributed by atoms with Crippen LogP contribution in [0, 0.1) is 0 Å². The summed E-state index contributed by atoms with van der Waals surface area (Å²) >= 11 is 1.61. The molecule has 1 aliphatic rings. The van der Waals surface area contributed by atoms with Crippen LogP contribution < -0.4 is 4.90 Å². The maximum atomic E-state index is 9.54. The molecule has 1 aromatic rings. The van der Waals surface area contributed by atoms with Crippen LogP contribution in [-0.4, -0.2) is 73.3 Å². The van der Waals surface area contributed by atoms with Crippen molar-refractivity contribution in [2.75, 3.05) is 58.3 Å². The second-order valence-electron chi connectivity index (χ2n) is 5.35. The molecular weight excluding hydrogens is 260 g/mol. The number of aliphatic hydroxyl groups excluding tert-OH is 1. The van der Waals surface area contributed by atoms with Gasteiger partial charge in [-0.1, -0.05) is 11.3 Å². The Hall–Kier alpha value is -0.690. The van der Waals surface area contributed by atoms with Crippen LogP contribution in [0.25, 0.3) is 0 Å². The highest BCUT2D eigenvalue weighted by molar-refractivity contribution is 7.15. The SMILES string of the molecule is CC(O)c1cnc(N2CCN(CCN(C)C)CC2)s1. The first kappa shape index (κ1) is 14.7. The van der Waals surface area contributed by atoms with E-state index in [1.807, 2.05) is 0 Å². The van der Waals surface area contributed by atoms with Gasteiger partial charge in [-0.15, -0.1) is 0 Å². The molecule has 0 amide bonds. The number of aromatic nitrogens is 1. The van der Waals surface area contributed by atoms with E-state index >= 15 is 0 Å². The Bertz CT molecular complexity index is 386. The molecule has 0 saturated carbocycles. The van der Waals surface area contributed by atoms with E-state index in [-0.39, 0.29) is 0 Å². The van der Waals surface area contributed by atoms with Crippen molar-refractivity contribution in [3.05, 3.63) is 11.1 Å². The lowest BCUT2D eigenvalue weighted by Gasteiger charge is -2.35. The topological polar surface area (TPSA) is 42.8 Å². The monoisotopic (exact) mass is 284 g/mol. The fourth-order valence-corrected chi connectivity index (χ4v) is 3.02. The molecule has 5 nitrogen and oxygen atoms in total. The Balaban J connectivity index is 1.82. The van der Waals surface area contributed by atoms with Crippen molar-refractivity contribution in [2.45, 2.75) is 13.0 Å². The first-order valence-corrected chi connectivity index (χ1v) is 7.63. The van der Waals surface area contributed by atoms with Gasteiger partial charge in [-0.3, -0.25) is 4.90 Å². The van der Waals surface area contributed by atoms with Crippen molar-refractivity contribution in [3.63, 3.8) is 0 Å². The zero-order chi connectivity index (χ0) is 13.8. The molecular formula is C13H24N4OS. The standard InChI is InChI=1S/C13H24N4OS/c1-11(18)12-10-14-13(19-12)17-8-6-16(7-9-17)5-4-15(2)3/h10-11,18H,4-9H2,1-3H3. The van der Waals surface area contributed by atoms with Crippen molar-refractivity contribution in [1.29, 1.82) is 0 Å². The molecule has 1 aliphatic heterocycles. The molecule has 108 valence electrons. The second kappa shape index (κ2) is 6.65. The average Bonchev–Trinajstić information content (AvgIpc) is 2.86. The summed E-state index contributed by atoms with van der Waals surface area (Å²) in [5.74, 6) is 0. The Labute approximate surface area is 119 Å². The maximum Gasteiger partial charge on any atom is 0.185 e. The van der Waals surface area contributed by atoms with Gasteiger partial charge in [0, 0.05) is 45.5 Å². The number of likely N-dealkylation sites (N-methyl/N-ethyl adjacent to an activating group) is 1. The van der Waals surface area contributed by atoms with Crippen molar-refractivity contribution in [3.8, 4) is 0 Å². The summed E-state index contributed by atoms with van der Waals surface area (Å²) in [6, 6.07) is 0. The number of hydrogen-bond donors (Lipinski definition) is 1. The van der Waals surface area contributed by atoms with Crippen molar-refractivity contribution in [1.82, 2.24) is 14.8 Å². The summed E-state index contributed by atoms with van der Waals surface area (Å²) in [4.78, 5) is 12.4. The molecule has 1 fully saturated rings. The van der Waals surface area contributed by atoms with Gasteiger partial charge >= 0.3 is 0 Å². The number of hydrogen-bond acceptors (Lipinski definition) is 6. The summed E-state index contributed by atoms with van der Waals surface area (Å²) in [6.45, 7) is 8.28. The van der Waals surface area contributed by atoms with Gasteiger partial charge in [-0.05, 0) is 21.0 Å². The zero-order valence-electron chi connectivity index (χ0n) is 12.0. The van der Waals surface area contributed by atoms with Gasteiger partial charge in [-0.25, -0.2) is 4.98 Å². The Morgan fingerprint density at radius 3 is 2.58 bits per heavy atom. The van der Waals surface area contributed by atoms with Gasteiger partial charge in [0.15, 0.2) is 5.13 Å². The summed E-state index contributed by atoms with van der Waals surface area (Å²) in [6.07, 6.45) is 1.39. The molecule has 0 spiro atoms. The number of piperazine rings is 1. The molecule has 1 aromatic heterocycles. The van der Waals surface area contributed by atoms with E-state index in [2.05, 4.69) is 33.8 Å². The summed E-state index contributed by atoms with van der Waals surface area (Å²) in [5.41, 5.74) is 0. The summed E-state index contributed by atoms with van der Waals surface area (Å²) in [7, 11) is 4.23. The van der Waals surface area contributed by atoms with Crippen molar-refractivity contribution in [2.24, 2.45) is 0 Å². The van der Waals surface area contributed by atoms with Gasteiger partial charge in [0.2, 0.25) is 0 Å². The third-order valence-electron chi connectivity index (χ3n) is 3.43. The van der Waals surface area contributed by atoms with Gasteiger partial charge in [0.25, 0.3) is 0 Å². The van der Waals surface area contributed by atoms with Crippen LogP contribution in [-0.2, 0) is 0 Å². The minimum absolute atomic E-state index is 0.410. The number of thiazole rings is 1. The van der Waals surface area contributed by atoms with Crippen molar-refractivity contribution < 1.29 is 5.11 Å². The van der Waals surface area contributed by atoms with Gasteiger partial charge in [0.05, 0.1) is 11.0 Å². The fourth-order valence-electron chi connectivity index (χ4n) is 2.12. The lowest BCUT2D eigenvalue weighted by Crippen LogP contribution is -2.48. The van der Waals surface area contributed by atoms with Gasteiger partial charge in [0.1, 0.15) is 0 Å². The molecule has 0 aromatic carbocycles. The van der Waals surface area contributed by atoms with Gasteiger partial charge in [-0.2, -0.15) is 0 Å². The molecule has 2 rings (SSSR count). The maximum absolute atomic E-state index is 9.54. The van der Waals surface area contributed by atoms with E-state index in [4.69, 9.17) is 0 Å². The van der Waals surface area contributed by atoms with E-state index in [1.165, 1.54) is 0 Å². The van der Waals surface area contributed by atoms with Crippen LogP contribution in [0.15, 0.2) is 6.20 Å². The molecule has 2 heterocycles. The first-order chi connectivity index (χ1) is 9.06. The molecule has 0 aliphatic carbocycles. The number of anilines is 1. The van der Waals surface area contributed by atoms with Crippen LogP contribution in [0.2, 0.25) is 0 Å². The normalized spacial score (nSPS) is 19.1. The van der Waals surface area contributed by atoms with Crippen LogP contribution in [0.4, 0.5) is 5.13 Å². The van der Waals surface area contributed by atoms with Crippen LogP contribution in [0.1, 0.15) is 17.9 Å². The minimum Gasteiger partial charge on any atom is -0.388 e. The third kappa shape index (κ3) is 4.14. The van der Waals surface area contributed by atoms with E-state index in [1.54, 1.807) is 24.5 Å². The highest BCUT2D eigenvalue weighted by Crippen LogP contribution is 2.27. The predicted octanol–water partition coefficient (Wildman–Crippen LogP) is 0.880. The largest absolute Gasteiger partial charge is 0.388 e. The Morgan fingerprint density at radius 2 is 2.05 bits per heavy atom. The third-order valence-corrected chi connectivity index (χ3v) is 4.66. The number of nitrogens with zero attached hydrogens (tertiary/aromatic N) is 4. The minimum atomic E-state index is -0.410. The molecule has 1 atom stereocenters. The molecule has 1 saturated heterocycles. The van der Waals surface area contributed by atoms with Gasteiger partial charge < -0.3 is 14.9 Å². The molecule has 0 bridgehead atoms. The molecule has 19 heavy (non-hydrogen) atoms. The molecule has 1 unspecified atom stereocenters. The van der Waals surface area contributed by atoms with E-state index in [0.29, 0.717) is 0 Å². The van der Waals surface area contributed by atoms with E-state index < -0.39 is 6.10 Å². The van der Waals surface area contributed by atoms with E-state index in [9.17, 15) is 5.11 Å². The average molecular weight is 284 g/mol. The molecule has 1 N–H and O–H groups in total.